The van der Waals surface area contributed by atoms with Gasteiger partial charge in [0.2, 0.25) is 0 Å². The molecule has 0 saturated heterocycles. The highest BCUT2D eigenvalue weighted by atomic mass is 16.5. The summed E-state index contributed by atoms with van der Waals surface area (Å²) in [4.78, 5) is 4.89. The molecule has 0 aliphatic heterocycles. The summed E-state index contributed by atoms with van der Waals surface area (Å²) in [5.41, 5.74) is 1.62. The number of nitrogens with one attached hydrogen (secondary N) is 2. The number of guanidine groups is 1. The molecule has 1 aliphatic carbocycles. The van der Waals surface area contributed by atoms with Gasteiger partial charge in [0.05, 0.1) is 26.4 Å². The maximum Gasteiger partial charge on any atom is 0.191 e. The molecule has 0 heterocycles. The van der Waals surface area contributed by atoms with E-state index < -0.39 is 0 Å². The lowest BCUT2D eigenvalue weighted by molar-refractivity contribution is 0.0733. The fourth-order valence-electron chi connectivity index (χ4n) is 3.44. The fraction of sp³-hybridized carbons (Fsp3) is 0.650. The van der Waals surface area contributed by atoms with E-state index in [0.29, 0.717) is 19.8 Å². The Hall–Kier alpha value is -1.59. The molecule has 1 fully saturated rings. The number of aliphatic imine (C=N–C) groups is 1. The molecule has 0 unspecified atom stereocenters. The number of ether oxygens (including phenoxy) is 2. The minimum Gasteiger partial charge on any atom is -0.382 e. The smallest absolute Gasteiger partial charge is 0.191 e. The summed E-state index contributed by atoms with van der Waals surface area (Å²) in [6.07, 6.45) is 5.03. The van der Waals surface area contributed by atoms with Gasteiger partial charge in [0.15, 0.2) is 5.96 Å². The first-order chi connectivity index (χ1) is 12.3. The van der Waals surface area contributed by atoms with Crippen LogP contribution < -0.4 is 10.6 Å². The van der Waals surface area contributed by atoms with Crippen LogP contribution in [0.1, 0.15) is 38.2 Å². The summed E-state index contributed by atoms with van der Waals surface area (Å²) in [7, 11) is 1.68. The Balaban J connectivity index is 1.91. The molecule has 1 aromatic carbocycles. The van der Waals surface area contributed by atoms with E-state index in [1.807, 2.05) is 0 Å². The number of methoxy groups -OCH3 is 1. The third kappa shape index (κ3) is 6.33. The minimum atomic E-state index is 0.193. The third-order valence-corrected chi connectivity index (χ3v) is 4.80. The number of nitrogens with zero attached hydrogens (tertiary/aromatic N) is 1. The van der Waals surface area contributed by atoms with Crippen LogP contribution in [-0.4, -0.2) is 52.5 Å². The van der Waals surface area contributed by atoms with Gasteiger partial charge in [-0.2, -0.15) is 0 Å². The quantitative estimate of drug-likeness (QED) is 0.388. The molecule has 2 rings (SSSR count). The monoisotopic (exact) mass is 347 g/mol. The molecule has 5 nitrogen and oxygen atoms in total. The number of hydrogen-bond acceptors (Lipinski definition) is 3. The van der Waals surface area contributed by atoms with Crippen molar-refractivity contribution in [2.24, 2.45) is 4.99 Å². The van der Waals surface area contributed by atoms with E-state index in [4.69, 9.17) is 14.5 Å². The van der Waals surface area contributed by atoms with Gasteiger partial charge in [-0.25, -0.2) is 0 Å². The molecule has 1 aromatic rings. The molecule has 1 aliphatic rings. The first kappa shape index (κ1) is 19.7. The molecule has 0 radical (unpaired) electrons. The summed E-state index contributed by atoms with van der Waals surface area (Å²) in [6, 6.07) is 10.9. The van der Waals surface area contributed by atoms with Gasteiger partial charge in [0.25, 0.3) is 0 Å². The molecule has 25 heavy (non-hydrogen) atoms. The molecule has 5 heteroatoms. The van der Waals surface area contributed by atoms with Crippen LogP contribution in [0.2, 0.25) is 0 Å². The second kappa shape index (κ2) is 11.1. The number of rotatable bonds is 10. The lowest BCUT2D eigenvalue weighted by atomic mass is 9.79. The Kier molecular flexibility index (Phi) is 8.77. The largest absolute Gasteiger partial charge is 0.382 e. The standard InChI is InChI=1S/C20H33N3O2/c1-3-21-19(22-13-14-25-16-15-24-2)23-17-20(11-7-8-12-20)18-9-5-4-6-10-18/h4-6,9-10H,3,7-8,11-17H2,1-2H3,(H2,21,22,23). The Labute approximate surface area is 152 Å². The Morgan fingerprint density at radius 2 is 1.84 bits per heavy atom. The fourth-order valence-corrected chi connectivity index (χ4v) is 3.44. The molecule has 0 bridgehead atoms. The van der Waals surface area contributed by atoms with Crippen molar-refractivity contribution >= 4 is 5.96 Å². The Morgan fingerprint density at radius 1 is 1.08 bits per heavy atom. The molecule has 2 N–H and O–H groups in total. The Morgan fingerprint density at radius 3 is 2.52 bits per heavy atom. The molecule has 0 atom stereocenters. The van der Waals surface area contributed by atoms with E-state index in [9.17, 15) is 0 Å². The highest BCUT2D eigenvalue weighted by Gasteiger charge is 2.35. The zero-order valence-electron chi connectivity index (χ0n) is 15.7. The maximum atomic E-state index is 5.50. The topological polar surface area (TPSA) is 54.9 Å². The van der Waals surface area contributed by atoms with Gasteiger partial charge in [0.1, 0.15) is 0 Å². The lowest BCUT2D eigenvalue weighted by Crippen LogP contribution is -2.40. The summed E-state index contributed by atoms with van der Waals surface area (Å²) < 4.78 is 10.5. The van der Waals surface area contributed by atoms with Crippen LogP contribution in [0.25, 0.3) is 0 Å². The van der Waals surface area contributed by atoms with Gasteiger partial charge in [0, 0.05) is 25.6 Å². The zero-order valence-corrected chi connectivity index (χ0v) is 15.7. The first-order valence-corrected chi connectivity index (χ1v) is 9.45. The SMILES string of the molecule is CCNC(=NCC1(c2ccccc2)CCCC1)NCCOCCOC. The molecule has 0 amide bonds. The van der Waals surface area contributed by atoms with Crippen LogP contribution in [0, 0.1) is 0 Å². The molecule has 140 valence electrons. The highest BCUT2D eigenvalue weighted by Crippen LogP contribution is 2.41. The second-order valence-electron chi connectivity index (χ2n) is 6.58. The average Bonchev–Trinajstić information content (AvgIpc) is 3.13. The molecule has 0 aromatic heterocycles. The number of hydrogen-bond donors (Lipinski definition) is 2. The molecule has 1 saturated carbocycles. The molecule has 0 spiro atoms. The van der Waals surface area contributed by atoms with E-state index in [2.05, 4.69) is 47.9 Å². The van der Waals surface area contributed by atoms with E-state index in [1.54, 1.807) is 7.11 Å². The van der Waals surface area contributed by atoms with Gasteiger partial charge >= 0.3 is 0 Å². The zero-order chi connectivity index (χ0) is 17.8. The predicted molar refractivity (Wildman–Crippen MR) is 103 cm³/mol. The van der Waals surface area contributed by atoms with Gasteiger partial charge in [-0.1, -0.05) is 43.2 Å². The van der Waals surface area contributed by atoms with Crippen LogP contribution in [0.15, 0.2) is 35.3 Å². The van der Waals surface area contributed by atoms with Crippen molar-refractivity contribution in [3.05, 3.63) is 35.9 Å². The highest BCUT2D eigenvalue weighted by molar-refractivity contribution is 5.79. The maximum absolute atomic E-state index is 5.50. The van der Waals surface area contributed by atoms with Crippen molar-refractivity contribution in [3.8, 4) is 0 Å². The van der Waals surface area contributed by atoms with Crippen molar-refractivity contribution in [2.75, 3.05) is 46.6 Å². The van der Waals surface area contributed by atoms with Crippen LogP contribution in [-0.2, 0) is 14.9 Å². The van der Waals surface area contributed by atoms with Gasteiger partial charge < -0.3 is 20.1 Å². The molecular formula is C20H33N3O2. The summed E-state index contributed by atoms with van der Waals surface area (Å²) in [5, 5.41) is 6.70. The van der Waals surface area contributed by atoms with Crippen LogP contribution in [0.5, 0.6) is 0 Å². The molecular weight excluding hydrogens is 314 g/mol. The second-order valence-corrected chi connectivity index (χ2v) is 6.58. The van der Waals surface area contributed by atoms with Gasteiger partial charge in [-0.05, 0) is 25.3 Å². The van der Waals surface area contributed by atoms with Crippen molar-refractivity contribution in [2.45, 2.75) is 38.0 Å². The van der Waals surface area contributed by atoms with E-state index in [1.165, 1.54) is 31.2 Å². The summed E-state index contributed by atoms with van der Waals surface area (Å²) in [5.74, 6) is 0.875. The van der Waals surface area contributed by atoms with Crippen molar-refractivity contribution in [1.82, 2.24) is 10.6 Å². The third-order valence-electron chi connectivity index (χ3n) is 4.80. The Bertz CT molecular complexity index is 499. The van der Waals surface area contributed by atoms with Gasteiger partial charge in [-0.3, -0.25) is 4.99 Å². The van der Waals surface area contributed by atoms with E-state index >= 15 is 0 Å². The number of benzene rings is 1. The van der Waals surface area contributed by atoms with Crippen LogP contribution in [0.3, 0.4) is 0 Å². The van der Waals surface area contributed by atoms with E-state index in [0.717, 1.165) is 25.6 Å². The van der Waals surface area contributed by atoms with Crippen LogP contribution in [0.4, 0.5) is 0 Å². The minimum absolute atomic E-state index is 0.193. The van der Waals surface area contributed by atoms with E-state index in [-0.39, 0.29) is 5.41 Å². The normalized spacial score (nSPS) is 16.8. The summed E-state index contributed by atoms with van der Waals surface area (Å²) in [6.45, 7) is 6.43. The lowest BCUT2D eigenvalue weighted by Gasteiger charge is -2.28. The van der Waals surface area contributed by atoms with Crippen molar-refractivity contribution < 1.29 is 9.47 Å². The first-order valence-electron chi connectivity index (χ1n) is 9.45. The van der Waals surface area contributed by atoms with Crippen LogP contribution >= 0.6 is 0 Å². The predicted octanol–water partition coefficient (Wildman–Crippen LogP) is 2.72. The average molecular weight is 348 g/mol. The van der Waals surface area contributed by atoms with Crippen molar-refractivity contribution in [1.29, 1.82) is 0 Å². The summed E-state index contributed by atoms with van der Waals surface area (Å²) >= 11 is 0. The van der Waals surface area contributed by atoms with Crippen molar-refractivity contribution in [3.63, 3.8) is 0 Å². The van der Waals surface area contributed by atoms with Gasteiger partial charge in [-0.15, -0.1) is 0 Å².